The van der Waals surface area contributed by atoms with Gasteiger partial charge in [-0.05, 0) is 30.5 Å². The molecule has 2 rings (SSSR count). The van der Waals surface area contributed by atoms with Crippen LogP contribution in [0.15, 0.2) is 73.3 Å². The molecule has 0 radical (unpaired) electrons. The third-order valence-corrected chi connectivity index (χ3v) is 3.39. The predicted molar refractivity (Wildman–Crippen MR) is 91.2 cm³/mol. The monoisotopic (exact) mass is 310 g/mol. The summed E-state index contributed by atoms with van der Waals surface area (Å²) in [5, 5.41) is 0. The number of allylic oxidation sites excluding steroid dienone is 1. The van der Waals surface area contributed by atoms with E-state index in [1.807, 2.05) is 54.6 Å². The molecule has 23 heavy (non-hydrogen) atoms. The molecule has 0 heterocycles. The molecule has 0 unspecified atom stereocenters. The van der Waals surface area contributed by atoms with Crippen LogP contribution in [-0.2, 0) is 16.1 Å². The standard InChI is InChI=1S/C20H22O3/c1-2-3-14-19(16-22-15-17-10-6-4-7-11-17)23-20(21)18-12-8-5-9-13-18/h2,4-13,19H,1,3,14-16H2/t19-/m0/s1. The van der Waals surface area contributed by atoms with Crippen LogP contribution in [0, 0.1) is 0 Å². The first kappa shape index (κ1) is 17.0. The molecular formula is C20H22O3. The number of benzene rings is 2. The summed E-state index contributed by atoms with van der Waals surface area (Å²) in [5.41, 5.74) is 1.66. The summed E-state index contributed by atoms with van der Waals surface area (Å²) < 4.78 is 11.3. The van der Waals surface area contributed by atoms with Crippen molar-refractivity contribution in [2.45, 2.75) is 25.6 Å². The predicted octanol–water partition coefficient (Wildman–Crippen LogP) is 4.40. The molecule has 1 atom stereocenters. The third-order valence-electron chi connectivity index (χ3n) is 3.39. The highest BCUT2D eigenvalue weighted by molar-refractivity contribution is 5.89. The van der Waals surface area contributed by atoms with Crippen molar-refractivity contribution in [1.29, 1.82) is 0 Å². The second-order valence-corrected chi connectivity index (χ2v) is 5.26. The quantitative estimate of drug-likeness (QED) is 0.509. The van der Waals surface area contributed by atoms with Gasteiger partial charge in [0.05, 0.1) is 18.8 Å². The summed E-state index contributed by atoms with van der Waals surface area (Å²) in [6.07, 6.45) is 3.03. The van der Waals surface area contributed by atoms with Crippen LogP contribution in [0.3, 0.4) is 0 Å². The smallest absolute Gasteiger partial charge is 0.338 e. The Balaban J connectivity index is 1.86. The van der Waals surface area contributed by atoms with Crippen molar-refractivity contribution < 1.29 is 14.3 Å². The molecule has 0 aliphatic rings. The lowest BCUT2D eigenvalue weighted by atomic mass is 10.2. The average molecular weight is 310 g/mol. The van der Waals surface area contributed by atoms with Crippen molar-refractivity contribution in [3.05, 3.63) is 84.4 Å². The first-order valence-corrected chi connectivity index (χ1v) is 7.78. The van der Waals surface area contributed by atoms with E-state index in [9.17, 15) is 4.79 Å². The number of carbonyl (C=O) groups is 1. The second-order valence-electron chi connectivity index (χ2n) is 5.26. The molecule has 0 aliphatic heterocycles. The van der Waals surface area contributed by atoms with E-state index >= 15 is 0 Å². The SMILES string of the molecule is C=CCC[C@@H](COCc1ccccc1)OC(=O)c1ccccc1. The molecule has 0 aromatic heterocycles. The van der Waals surface area contributed by atoms with E-state index in [0.29, 0.717) is 25.2 Å². The van der Waals surface area contributed by atoms with Gasteiger partial charge in [0.1, 0.15) is 6.10 Å². The van der Waals surface area contributed by atoms with Crippen LogP contribution in [0.5, 0.6) is 0 Å². The van der Waals surface area contributed by atoms with Gasteiger partial charge in [0.25, 0.3) is 0 Å². The van der Waals surface area contributed by atoms with Crippen LogP contribution in [0.1, 0.15) is 28.8 Å². The summed E-state index contributed by atoms with van der Waals surface area (Å²) in [6.45, 7) is 4.60. The zero-order chi connectivity index (χ0) is 16.3. The first-order chi connectivity index (χ1) is 11.3. The molecule has 0 saturated heterocycles. The lowest BCUT2D eigenvalue weighted by molar-refractivity contribution is -0.0105. The van der Waals surface area contributed by atoms with Crippen LogP contribution in [0.4, 0.5) is 0 Å². The molecule has 2 aromatic rings. The van der Waals surface area contributed by atoms with E-state index in [1.54, 1.807) is 12.1 Å². The maximum atomic E-state index is 12.1. The van der Waals surface area contributed by atoms with Crippen LogP contribution in [0.2, 0.25) is 0 Å². The minimum atomic E-state index is -0.317. The molecule has 2 aromatic carbocycles. The van der Waals surface area contributed by atoms with Crippen molar-refractivity contribution in [3.63, 3.8) is 0 Å². The van der Waals surface area contributed by atoms with Gasteiger partial charge >= 0.3 is 5.97 Å². The van der Waals surface area contributed by atoms with E-state index in [2.05, 4.69) is 6.58 Å². The molecule has 0 saturated carbocycles. The Kier molecular flexibility index (Phi) is 7.08. The van der Waals surface area contributed by atoms with Crippen molar-refractivity contribution in [1.82, 2.24) is 0 Å². The third kappa shape index (κ3) is 6.09. The lowest BCUT2D eigenvalue weighted by Crippen LogP contribution is -2.23. The fourth-order valence-electron chi connectivity index (χ4n) is 2.16. The fraction of sp³-hybridized carbons (Fsp3) is 0.250. The average Bonchev–Trinajstić information content (AvgIpc) is 2.61. The largest absolute Gasteiger partial charge is 0.456 e. The highest BCUT2D eigenvalue weighted by atomic mass is 16.6. The number of ether oxygens (including phenoxy) is 2. The summed E-state index contributed by atoms with van der Waals surface area (Å²) >= 11 is 0. The van der Waals surface area contributed by atoms with Crippen molar-refractivity contribution >= 4 is 5.97 Å². The van der Waals surface area contributed by atoms with Gasteiger partial charge in [-0.25, -0.2) is 4.79 Å². The molecule has 3 heteroatoms. The molecule has 3 nitrogen and oxygen atoms in total. The molecule has 0 amide bonds. The topological polar surface area (TPSA) is 35.5 Å². The maximum absolute atomic E-state index is 12.1. The Morgan fingerprint density at radius 1 is 1.04 bits per heavy atom. The van der Waals surface area contributed by atoms with Crippen molar-refractivity contribution in [2.75, 3.05) is 6.61 Å². The zero-order valence-corrected chi connectivity index (χ0v) is 13.2. The highest BCUT2D eigenvalue weighted by Crippen LogP contribution is 2.10. The van der Waals surface area contributed by atoms with Gasteiger partial charge in [0.15, 0.2) is 0 Å². The fourth-order valence-corrected chi connectivity index (χ4v) is 2.16. The van der Waals surface area contributed by atoms with Gasteiger partial charge in [-0.1, -0.05) is 54.6 Å². The minimum Gasteiger partial charge on any atom is -0.456 e. The van der Waals surface area contributed by atoms with E-state index in [1.165, 1.54) is 0 Å². The molecule has 0 bridgehead atoms. The van der Waals surface area contributed by atoms with Crippen LogP contribution in [-0.4, -0.2) is 18.7 Å². The summed E-state index contributed by atoms with van der Waals surface area (Å²) in [6, 6.07) is 18.9. The van der Waals surface area contributed by atoms with E-state index in [-0.39, 0.29) is 12.1 Å². The van der Waals surface area contributed by atoms with Gasteiger partial charge in [-0.3, -0.25) is 0 Å². The number of hydrogen-bond acceptors (Lipinski definition) is 3. The van der Waals surface area contributed by atoms with E-state index in [4.69, 9.17) is 9.47 Å². The molecule has 0 aliphatic carbocycles. The van der Waals surface area contributed by atoms with Gasteiger partial charge in [-0.2, -0.15) is 0 Å². The van der Waals surface area contributed by atoms with E-state index in [0.717, 1.165) is 12.0 Å². The minimum absolute atomic E-state index is 0.274. The first-order valence-electron chi connectivity index (χ1n) is 7.78. The van der Waals surface area contributed by atoms with Gasteiger partial charge in [-0.15, -0.1) is 6.58 Å². The Labute approximate surface area is 137 Å². The number of carbonyl (C=O) groups excluding carboxylic acids is 1. The Morgan fingerprint density at radius 2 is 1.70 bits per heavy atom. The van der Waals surface area contributed by atoms with Crippen LogP contribution >= 0.6 is 0 Å². The summed E-state index contributed by atoms with van der Waals surface area (Å²) in [5.74, 6) is -0.317. The number of hydrogen-bond donors (Lipinski definition) is 0. The number of esters is 1. The summed E-state index contributed by atoms with van der Waals surface area (Å²) in [4.78, 5) is 12.1. The lowest BCUT2D eigenvalue weighted by Gasteiger charge is -2.17. The summed E-state index contributed by atoms with van der Waals surface area (Å²) in [7, 11) is 0. The Morgan fingerprint density at radius 3 is 2.35 bits per heavy atom. The second kappa shape index (κ2) is 9.59. The van der Waals surface area contributed by atoms with Crippen LogP contribution < -0.4 is 0 Å². The Bertz CT molecular complexity index is 593. The van der Waals surface area contributed by atoms with Gasteiger partial charge in [0.2, 0.25) is 0 Å². The zero-order valence-electron chi connectivity index (χ0n) is 13.2. The Hall–Kier alpha value is -2.39. The number of rotatable bonds is 9. The molecule has 120 valence electrons. The molecule has 0 fully saturated rings. The maximum Gasteiger partial charge on any atom is 0.338 e. The van der Waals surface area contributed by atoms with Crippen molar-refractivity contribution in [2.24, 2.45) is 0 Å². The van der Waals surface area contributed by atoms with Gasteiger partial charge in [0, 0.05) is 0 Å². The van der Waals surface area contributed by atoms with Crippen molar-refractivity contribution in [3.8, 4) is 0 Å². The molecule has 0 spiro atoms. The van der Waals surface area contributed by atoms with Crippen LogP contribution in [0.25, 0.3) is 0 Å². The molecular weight excluding hydrogens is 288 g/mol. The van der Waals surface area contributed by atoms with Gasteiger partial charge < -0.3 is 9.47 Å². The van der Waals surface area contributed by atoms with E-state index < -0.39 is 0 Å². The molecule has 0 N–H and O–H groups in total. The highest BCUT2D eigenvalue weighted by Gasteiger charge is 2.15. The normalized spacial score (nSPS) is 11.7.